The van der Waals surface area contributed by atoms with Crippen molar-refractivity contribution in [1.29, 1.82) is 0 Å². The molecule has 0 saturated carbocycles. The Hall–Kier alpha value is -1.57. The number of nitrogens with one attached hydrogen (secondary N) is 2. The van der Waals surface area contributed by atoms with Gasteiger partial charge in [-0.15, -0.1) is 0 Å². The molecule has 0 bridgehead atoms. The largest absolute Gasteiger partial charge is 0.433 e. The van der Waals surface area contributed by atoms with Crippen molar-refractivity contribution in [3.63, 3.8) is 0 Å². The highest BCUT2D eigenvalue weighted by Crippen LogP contribution is 2.29. The third kappa shape index (κ3) is 4.55. The minimum Gasteiger partial charge on any atom is -0.396 e. The normalized spacial score (nSPS) is 13.2. The van der Waals surface area contributed by atoms with Crippen LogP contribution in [0.5, 0.6) is 0 Å². The third-order valence-electron chi connectivity index (χ3n) is 2.56. The van der Waals surface area contributed by atoms with Gasteiger partial charge in [0.05, 0.1) is 0 Å². The second-order valence-electron chi connectivity index (χ2n) is 3.97. The number of alkyl halides is 3. The van der Waals surface area contributed by atoms with Gasteiger partial charge in [-0.25, -0.2) is 4.98 Å². The summed E-state index contributed by atoms with van der Waals surface area (Å²) in [5, 5.41) is 14.2. The van der Waals surface area contributed by atoms with Crippen molar-refractivity contribution in [2.24, 2.45) is 0 Å². The van der Waals surface area contributed by atoms with Crippen LogP contribution in [0.25, 0.3) is 0 Å². The number of nitrogens with zero attached hydrogens (tertiary/aromatic N) is 2. The lowest BCUT2D eigenvalue weighted by atomic mass is 10.1. The lowest BCUT2D eigenvalue weighted by molar-refractivity contribution is -0.141. The van der Waals surface area contributed by atoms with Gasteiger partial charge >= 0.3 is 6.18 Å². The molecule has 0 aliphatic heterocycles. The minimum atomic E-state index is -4.52. The van der Waals surface area contributed by atoms with Gasteiger partial charge in [0, 0.05) is 25.8 Å². The van der Waals surface area contributed by atoms with E-state index in [2.05, 4.69) is 20.6 Å². The Bertz CT molecular complexity index is 411. The zero-order chi connectivity index (χ0) is 14.5. The molecule has 0 amide bonds. The fraction of sp³-hybridized carbons (Fsp3) is 0.636. The summed E-state index contributed by atoms with van der Waals surface area (Å²) in [6.45, 7) is 1.83. The Balaban J connectivity index is 3.00. The average molecular weight is 278 g/mol. The molecule has 1 aromatic rings. The molecular weight excluding hydrogens is 261 g/mol. The molecule has 8 heteroatoms. The number of hydrogen-bond acceptors (Lipinski definition) is 5. The maximum atomic E-state index is 12.7. The van der Waals surface area contributed by atoms with Crippen LogP contribution in [-0.4, -0.2) is 34.8 Å². The zero-order valence-corrected chi connectivity index (χ0v) is 10.8. The Kier molecular flexibility index (Phi) is 5.34. The molecule has 1 unspecified atom stereocenters. The fourth-order valence-corrected chi connectivity index (χ4v) is 1.52. The van der Waals surface area contributed by atoms with Gasteiger partial charge in [-0.1, -0.05) is 6.92 Å². The number of aliphatic hydroxyl groups is 1. The maximum Gasteiger partial charge on any atom is 0.433 e. The molecule has 108 valence electrons. The van der Waals surface area contributed by atoms with Gasteiger partial charge in [0.1, 0.15) is 5.82 Å². The van der Waals surface area contributed by atoms with E-state index >= 15 is 0 Å². The summed E-state index contributed by atoms with van der Waals surface area (Å²) in [5.74, 6) is -0.0110. The first kappa shape index (κ1) is 15.5. The Labute approximate surface area is 109 Å². The summed E-state index contributed by atoms with van der Waals surface area (Å²) in [7, 11) is 1.45. The van der Waals surface area contributed by atoms with E-state index in [4.69, 9.17) is 5.11 Å². The Morgan fingerprint density at radius 1 is 1.37 bits per heavy atom. The first-order chi connectivity index (χ1) is 8.90. The molecule has 0 aliphatic carbocycles. The minimum absolute atomic E-state index is 0.0401. The van der Waals surface area contributed by atoms with Gasteiger partial charge in [-0.05, 0) is 12.8 Å². The summed E-state index contributed by atoms with van der Waals surface area (Å²) < 4.78 is 38.0. The molecule has 5 nitrogen and oxygen atoms in total. The van der Waals surface area contributed by atoms with Crippen molar-refractivity contribution >= 4 is 11.8 Å². The number of hydrogen-bond donors (Lipinski definition) is 3. The summed E-state index contributed by atoms with van der Waals surface area (Å²) in [4.78, 5) is 7.29. The molecule has 1 heterocycles. The van der Waals surface area contributed by atoms with Crippen LogP contribution >= 0.6 is 0 Å². The topological polar surface area (TPSA) is 70.1 Å². The number of aliphatic hydroxyl groups excluding tert-OH is 1. The van der Waals surface area contributed by atoms with Crippen LogP contribution in [0.4, 0.5) is 24.9 Å². The SMILES string of the molecule is CCC(CCO)Nc1cc(C(F)(F)F)nc(NC)n1. The van der Waals surface area contributed by atoms with Crippen LogP contribution in [0.3, 0.4) is 0 Å². The molecule has 3 N–H and O–H groups in total. The lowest BCUT2D eigenvalue weighted by Gasteiger charge is -2.18. The molecule has 0 saturated heterocycles. The first-order valence-electron chi connectivity index (χ1n) is 5.92. The highest BCUT2D eigenvalue weighted by atomic mass is 19.4. The number of anilines is 2. The number of rotatable bonds is 6. The molecule has 19 heavy (non-hydrogen) atoms. The van der Waals surface area contributed by atoms with E-state index in [0.717, 1.165) is 6.07 Å². The molecule has 1 atom stereocenters. The number of halogens is 3. The van der Waals surface area contributed by atoms with Crippen LogP contribution < -0.4 is 10.6 Å². The predicted octanol–water partition coefficient (Wildman–Crippen LogP) is 2.11. The monoisotopic (exact) mass is 278 g/mol. The van der Waals surface area contributed by atoms with Gasteiger partial charge in [0.25, 0.3) is 0 Å². The van der Waals surface area contributed by atoms with Crippen LogP contribution in [-0.2, 0) is 6.18 Å². The molecule has 0 aromatic carbocycles. The van der Waals surface area contributed by atoms with Crippen molar-refractivity contribution in [1.82, 2.24) is 9.97 Å². The fourth-order valence-electron chi connectivity index (χ4n) is 1.52. The third-order valence-corrected chi connectivity index (χ3v) is 2.56. The molecule has 0 aliphatic rings. The zero-order valence-electron chi connectivity index (χ0n) is 10.8. The summed E-state index contributed by atoms with van der Waals surface area (Å²) in [6.07, 6.45) is -3.42. The second kappa shape index (κ2) is 6.55. The predicted molar refractivity (Wildman–Crippen MR) is 66.0 cm³/mol. The van der Waals surface area contributed by atoms with Crippen LogP contribution in [0.2, 0.25) is 0 Å². The summed E-state index contributed by atoms with van der Waals surface area (Å²) in [6, 6.07) is 0.728. The van der Waals surface area contributed by atoms with Crippen molar-refractivity contribution in [2.75, 3.05) is 24.3 Å². The second-order valence-corrected chi connectivity index (χ2v) is 3.97. The van der Waals surface area contributed by atoms with E-state index in [1.807, 2.05) is 6.92 Å². The lowest BCUT2D eigenvalue weighted by Crippen LogP contribution is -2.22. The van der Waals surface area contributed by atoms with Gasteiger partial charge in [0.2, 0.25) is 5.95 Å². The molecule has 0 radical (unpaired) electrons. The quantitative estimate of drug-likeness (QED) is 0.743. The van der Waals surface area contributed by atoms with Crippen molar-refractivity contribution in [2.45, 2.75) is 32.0 Å². The summed E-state index contributed by atoms with van der Waals surface area (Å²) in [5.41, 5.74) is -1.01. The smallest absolute Gasteiger partial charge is 0.396 e. The van der Waals surface area contributed by atoms with Crippen LogP contribution in [0.1, 0.15) is 25.5 Å². The Morgan fingerprint density at radius 3 is 2.53 bits per heavy atom. The average Bonchev–Trinajstić information content (AvgIpc) is 2.36. The van der Waals surface area contributed by atoms with Crippen molar-refractivity contribution < 1.29 is 18.3 Å². The van der Waals surface area contributed by atoms with E-state index in [1.165, 1.54) is 7.05 Å². The molecule has 0 spiro atoms. The van der Waals surface area contributed by atoms with Crippen LogP contribution in [0.15, 0.2) is 6.07 Å². The summed E-state index contributed by atoms with van der Waals surface area (Å²) >= 11 is 0. The van der Waals surface area contributed by atoms with Crippen molar-refractivity contribution in [3.05, 3.63) is 11.8 Å². The first-order valence-corrected chi connectivity index (χ1v) is 5.92. The molecule has 0 fully saturated rings. The number of aromatic nitrogens is 2. The standard InChI is InChI=1S/C11H17F3N4O/c1-3-7(4-5-19)16-9-6-8(11(12,13)14)17-10(15-2)18-9/h6-7,19H,3-5H2,1-2H3,(H2,15,16,17,18). The van der Waals surface area contributed by atoms with E-state index in [9.17, 15) is 13.2 Å². The highest BCUT2D eigenvalue weighted by molar-refractivity contribution is 5.43. The van der Waals surface area contributed by atoms with Crippen LogP contribution in [0, 0.1) is 0 Å². The van der Waals surface area contributed by atoms with E-state index in [-0.39, 0.29) is 24.4 Å². The van der Waals surface area contributed by atoms with Gasteiger partial charge < -0.3 is 15.7 Å². The molecule has 1 rings (SSSR count). The Morgan fingerprint density at radius 2 is 2.05 bits per heavy atom. The van der Waals surface area contributed by atoms with Crippen molar-refractivity contribution in [3.8, 4) is 0 Å². The highest BCUT2D eigenvalue weighted by Gasteiger charge is 2.33. The van der Waals surface area contributed by atoms with Gasteiger partial charge in [-0.2, -0.15) is 18.2 Å². The molecular formula is C11H17F3N4O. The van der Waals surface area contributed by atoms with E-state index in [1.54, 1.807) is 0 Å². The van der Waals surface area contributed by atoms with Gasteiger partial charge in [0.15, 0.2) is 5.69 Å². The van der Waals surface area contributed by atoms with E-state index < -0.39 is 11.9 Å². The van der Waals surface area contributed by atoms with E-state index in [0.29, 0.717) is 12.8 Å². The molecule has 1 aromatic heterocycles. The maximum absolute atomic E-state index is 12.7. The van der Waals surface area contributed by atoms with Gasteiger partial charge in [-0.3, -0.25) is 0 Å².